The highest BCUT2D eigenvalue weighted by atomic mass is 19.4. The van der Waals surface area contributed by atoms with Crippen LogP contribution in [0.4, 0.5) is 35.3 Å². The van der Waals surface area contributed by atoms with Crippen molar-refractivity contribution in [3.05, 3.63) is 73.4 Å². The van der Waals surface area contributed by atoms with Crippen LogP contribution in [0.15, 0.2) is 72.2 Å². The summed E-state index contributed by atoms with van der Waals surface area (Å²) in [5, 5.41) is 9.30. The molecule has 7 rings (SSSR count). The number of nitrogens with zero attached hydrogens (tertiary/aromatic N) is 7. The number of amides is 2. The number of halogens is 3. The van der Waals surface area contributed by atoms with E-state index in [2.05, 4.69) is 35.7 Å². The summed E-state index contributed by atoms with van der Waals surface area (Å²) >= 11 is 0. The number of alkyl halides is 3. The first kappa shape index (κ1) is 24.6. The highest BCUT2D eigenvalue weighted by Crippen LogP contribution is 2.59. The van der Waals surface area contributed by atoms with Gasteiger partial charge in [-0.05, 0) is 37.1 Å². The number of carbonyl (C=O) groups is 1. The summed E-state index contributed by atoms with van der Waals surface area (Å²) in [4.78, 5) is 29.9. The second kappa shape index (κ2) is 8.77. The van der Waals surface area contributed by atoms with Gasteiger partial charge in [-0.15, -0.1) is 0 Å². The molecule has 0 aromatic carbocycles. The van der Waals surface area contributed by atoms with Gasteiger partial charge in [-0.2, -0.15) is 13.2 Å². The number of hydrogen-bond donors (Lipinski definition) is 3. The molecular formula is C26H19F3N10O2. The summed E-state index contributed by atoms with van der Waals surface area (Å²) in [5.74, 6) is -0.176. The third-order valence-electron chi connectivity index (χ3n) is 7.13. The molecule has 2 amide bonds. The molecule has 12 nitrogen and oxygen atoms in total. The molecule has 0 spiro atoms. The monoisotopic (exact) mass is 560 g/mol. The van der Waals surface area contributed by atoms with Gasteiger partial charge in [-0.25, -0.2) is 19.7 Å². The lowest BCUT2D eigenvalue weighted by atomic mass is 10.0. The van der Waals surface area contributed by atoms with Crippen molar-refractivity contribution >= 4 is 40.0 Å². The van der Waals surface area contributed by atoms with Crippen molar-refractivity contribution in [2.45, 2.75) is 24.4 Å². The van der Waals surface area contributed by atoms with Crippen LogP contribution < -0.4 is 16.4 Å². The molecule has 41 heavy (non-hydrogen) atoms. The van der Waals surface area contributed by atoms with Gasteiger partial charge >= 0.3 is 12.2 Å². The maximum Gasteiger partial charge on any atom is 0.401 e. The van der Waals surface area contributed by atoms with Gasteiger partial charge in [0, 0.05) is 36.4 Å². The summed E-state index contributed by atoms with van der Waals surface area (Å²) < 4.78 is 48.7. The van der Waals surface area contributed by atoms with Crippen molar-refractivity contribution < 1.29 is 22.5 Å². The Labute approximate surface area is 228 Å². The van der Waals surface area contributed by atoms with E-state index in [1.165, 1.54) is 6.33 Å². The van der Waals surface area contributed by atoms with Crippen molar-refractivity contribution in [2.24, 2.45) is 0 Å². The Morgan fingerprint density at radius 3 is 2.68 bits per heavy atom. The average Bonchev–Trinajstić information content (AvgIpc) is 3.26. The molecule has 206 valence electrons. The number of hydrogen-bond acceptors (Lipinski definition) is 8. The number of nitrogens with one attached hydrogen (secondary N) is 2. The molecule has 0 radical (unpaired) electrons. The quantitative estimate of drug-likeness (QED) is 0.268. The molecular weight excluding hydrogens is 541 g/mol. The van der Waals surface area contributed by atoms with Crippen LogP contribution >= 0.6 is 0 Å². The standard InChI is InChI=1S/C26H19F3N10O2/c27-26(28,29)25(5-6-25)18-10-19(37-41-18)36-24(40)35-16-3-4-17(38-9-8-32-22(16)38)15-12-39(14-2-1-7-31-11-14)23-20(15)21(30)33-13-34-23/h1-4,7-13H,5-6H2,(H2,30,33,34)(H2,35,36,37,40). The summed E-state index contributed by atoms with van der Waals surface area (Å²) in [6.45, 7) is 0. The molecule has 1 aliphatic rings. The lowest BCUT2D eigenvalue weighted by Gasteiger charge is -2.15. The number of rotatable bonds is 5. The van der Waals surface area contributed by atoms with Gasteiger partial charge in [0.15, 0.2) is 22.9 Å². The highest BCUT2D eigenvalue weighted by Gasteiger charge is 2.66. The zero-order valence-corrected chi connectivity index (χ0v) is 20.9. The Morgan fingerprint density at radius 2 is 1.93 bits per heavy atom. The number of nitrogens with two attached hydrogens (primary N) is 1. The predicted molar refractivity (Wildman–Crippen MR) is 141 cm³/mol. The second-order valence-corrected chi connectivity index (χ2v) is 9.57. The molecule has 0 saturated heterocycles. The Kier molecular flexibility index (Phi) is 5.25. The minimum absolute atomic E-state index is 0.0831. The molecule has 1 fully saturated rings. The van der Waals surface area contributed by atoms with Crippen molar-refractivity contribution in [1.82, 2.24) is 34.1 Å². The number of fused-ring (bicyclic) bond motifs is 2. The normalized spacial score (nSPS) is 14.4. The molecule has 0 bridgehead atoms. The summed E-state index contributed by atoms with van der Waals surface area (Å²) in [5.41, 5.74) is 7.77. The lowest BCUT2D eigenvalue weighted by molar-refractivity contribution is -0.165. The van der Waals surface area contributed by atoms with Gasteiger partial charge in [-0.3, -0.25) is 19.3 Å². The van der Waals surface area contributed by atoms with E-state index < -0.39 is 17.6 Å². The maximum atomic E-state index is 13.4. The largest absolute Gasteiger partial charge is 0.401 e. The maximum absolute atomic E-state index is 13.4. The predicted octanol–water partition coefficient (Wildman–Crippen LogP) is 4.94. The number of imidazole rings is 1. The number of carbonyl (C=O) groups excluding carboxylic acids is 1. The van der Waals surface area contributed by atoms with Crippen LogP contribution in [0.2, 0.25) is 0 Å². The number of anilines is 3. The minimum atomic E-state index is -4.46. The van der Waals surface area contributed by atoms with Gasteiger partial charge in [0.05, 0.1) is 28.7 Å². The van der Waals surface area contributed by atoms with E-state index in [0.29, 0.717) is 28.1 Å². The summed E-state index contributed by atoms with van der Waals surface area (Å²) in [6, 6.07) is 7.49. The lowest BCUT2D eigenvalue weighted by Crippen LogP contribution is -2.28. The van der Waals surface area contributed by atoms with Crippen LogP contribution in [-0.2, 0) is 5.41 Å². The van der Waals surface area contributed by atoms with Crippen molar-refractivity contribution in [2.75, 3.05) is 16.4 Å². The third-order valence-corrected chi connectivity index (χ3v) is 7.13. The Balaban J connectivity index is 1.20. The Hall–Kier alpha value is -5.47. The molecule has 6 aromatic rings. The van der Waals surface area contributed by atoms with Crippen LogP contribution in [0.25, 0.3) is 33.6 Å². The molecule has 6 aromatic heterocycles. The molecule has 1 aliphatic carbocycles. The first-order valence-electron chi connectivity index (χ1n) is 12.4. The van der Waals surface area contributed by atoms with Gasteiger partial charge in [0.2, 0.25) is 0 Å². The summed E-state index contributed by atoms with van der Waals surface area (Å²) in [6.07, 6.45) is 5.29. The van der Waals surface area contributed by atoms with Crippen molar-refractivity contribution in [3.63, 3.8) is 0 Å². The van der Waals surface area contributed by atoms with E-state index in [1.807, 2.05) is 22.9 Å². The van der Waals surface area contributed by atoms with E-state index in [1.54, 1.807) is 41.3 Å². The van der Waals surface area contributed by atoms with Gasteiger partial charge in [0.1, 0.15) is 17.6 Å². The molecule has 0 atom stereocenters. The van der Waals surface area contributed by atoms with Crippen molar-refractivity contribution in [3.8, 4) is 16.9 Å². The van der Waals surface area contributed by atoms with Crippen LogP contribution in [0.5, 0.6) is 0 Å². The minimum Gasteiger partial charge on any atom is -0.383 e. The second-order valence-electron chi connectivity index (χ2n) is 9.57. The average molecular weight is 561 g/mol. The van der Waals surface area contributed by atoms with Gasteiger partial charge in [-0.1, -0.05) is 5.16 Å². The van der Waals surface area contributed by atoms with Crippen LogP contribution in [-0.4, -0.2) is 46.3 Å². The van der Waals surface area contributed by atoms with Crippen molar-refractivity contribution in [1.29, 1.82) is 0 Å². The smallest absolute Gasteiger partial charge is 0.383 e. The fourth-order valence-corrected chi connectivity index (χ4v) is 4.93. The fourth-order valence-electron chi connectivity index (χ4n) is 4.93. The van der Waals surface area contributed by atoms with Crippen LogP contribution in [0.3, 0.4) is 0 Å². The van der Waals surface area contributed by atoms with E-state index in [4.69, 9.17) is 10.3 Å². The topological polar surface area (TPSA) is 154 Å². The SMILES string of the molecule is Nc1ncnc2c1c(-c1ccc(NC(=O)Nc3cc(C4(C(F)(F)F)CC4)on3)c3nccn13)cn2-c1cccnc1. The fraction of sp³-hybridized carbons (Fsp3) is 0.154. The zero-order chi connectivity index (χ0) is 28.4. The number of aromatic nitrogens is 7. The van der Waals surface area contributed by atoms with Crippen LogP contribution in [0.1, 0.15) is 18.6 Å². The first-order valence-corrected chi connectivity index (χ1v) is 12.4. The van der Waals surface area contributed by atoms with E-state index in [0.717, 1.165) is 17.3 Å². The number of pyridine rings is 2. The molecule has 0 aliphatic heterocycles. The first-order chi connectivity index (χ1) is 19.7. The molecule has 6 heterocycles. The van der Waals surface area contributed by atoms with E-state index in [9.17, 15) is 18.0 Å². The van der Waals surface area contributed by atoms with Gasteiger partial charge in [0.25, 0.3) is 0 Å². The molecule has 0 unspecified atom stereocenters. The molecule has 15 heteroatoms. The number of urea groups is 1. The molecule has 1 saturated carbocycles. The molecule has 4 N–H and O–H groups in total. The third kappa shape index (κ3) is 3.92. The highest BCUT2D eigenvalue weighted by molar-refractivity contribution is 6.03. The Bertz CT molecular complexity index is 1940. The zero-order valence-electron chi connectivity index (χ0n) is 20.9. The summed E-state index contributed by atoms with van der Waals surface area (Å²) in [7, 11) is 0. The van der Waals surface area contributed by atoms with Gasteiger partial charge < -0.3 is 15.6 Å². The Morgan fingerprint density at radius 1 is 1.07 bits per heavy atom. The van der Waals surface area contributed by atoms with E-state index in [-0.39, 0.29) is 30.2 Å². The van der Waals surface area contributed by atoms with E-state index >= 15 is 0 Å². The number of nitrogen functional groups attached to an aromatic ring is 1. The van der Waals surface area contributed by atoms with Crippen LogP contribution in [0, 0.1) is 0 Å².